The highest BCUT2D eigenvalue weighted by atomic mass is 32.1. The lowest BCUT2D eigenvalue weighted by Crippen LogP contribution is -2.38. The standard InChI is InChI=1S/C22H21N5O2S/c1-14-16-10-12-30-18(16)9-11-26(14)20(28)8-7-19-24-21-17(22(29)25-19)13-23-27(21)15-5-3-2-4-6-15/h2-6,10,12-14H,7-9,11H2,1H3,(H,24,25,29)/t14-/m1/s1. The molecule has 1 aromatic carbocycles. The van der Waals surface area contributed by atoms with Crippen LogP contribution in [0.2, 0.25) is 0 Å². The second kappa shape index (κ2) is 7.53. The predicted molar refractivity (Wildman–Crippen MR) is 116 cm³/mol. The van der Waals surface area contributed by atoms with Crippen molar-refractivity contribution in [2.75, 3.05) is 6.54 Å². The van der Waals surface area contributed by atoms with E-state index in [1.54, 1.807) is 16.0 Å². The number of hydrogen-bond acceptors (Lipinski definition) is 5. The molecule has 152 valence electrons. The number of carbonyl (C=O) groups excluding carboxylic acids is 1. The topological polar surface area (TPSA) is 83.9 Å². The van der Waals surface area contributed by atoms with Gasteiger partial charge in [-0.1, -0.05) is 18.2 Å². The summed E-state index contributed by atoms with van der Waals surface area (Å²) in [4.78, 5) is 36.1. The number of carbonyl (C=O) groups is 1. The number of nitrogens with one attached hydrogen (secondary N) is 1. The summed E-state index contributed by atoms with van der Waals surface area (Å²) in [6.07, 6.45) is 3.11. The molecule has 0 radical (unpaired) electrons. The van der Waals surface area contributed by atoms with Crippen molar-refractivity contribution in [3.8, 4) is 5.69 Å². The molecule has 0 saturated carbocycles. The number of aromatic nitrogens is 4. The van der Waals surface area contributed by atoms with E-state index in [9.17, 15) is 9.59 Å². The van der Waals surface area contributed by atoms with Gasteiger partial charge in [-0.05, 0) is 42.5 Å². The van der Waals surface area contributed by atoms with Crippen LogP contribution < -0.4 is 5.56 Å². The molecule has 0 aliphatic carbocycles. The van der Waals surface area contributed by atoms with Crippen molar-refractivity contribution in [1.82, 2.24) is 24.6 Å². The van der Waals surface area contributed by atoms with Gasteiger partial charge in [-0.2, -0.15) is 5.10 Å². The van der Waals surface area contributed by atoms with Crippen LogP contribution in [0.4, 0.5) is 0 Å². The van der Waals surface area contributed by atoms with Crippen LogP contribution in [-0.2, 0) is 17.6 Å². The fourth-order valence-electron chi connectivity index (χ4n) is 4.06. The summed E-state index contributed by atoms with van der Waals surface area (Å²) in [6.45, 7) is 2.81. The van der Waals surface area contributed by atoms with Crippen LogP contribution in [-0.4, -0.2) is 37.1 Å². The molecule has 1 atom stereocenters. The molecule has 4 heterocycles. The van der Waals surface area contributed by atoms with E-state index >= 15 is 0 Å². The summed E-state index contributed by atoms with van der Waals surface area (Å²) in [5.41, 5.74) is 2.35. The highest BCUT2D eigenvalue weighted by Gasteiger charge is 2.28. The number of H-pyrrole nitrogens is 1. The van der Waals surface area contributed by atoms with Gasteiger partial charge in [-0.3, -0.25) is 9.59 Å². The van der Waals surface area contributed by atoms with E-state index in [2.05, 4.69) is 33.4 Å². The molecule has 0 fully saturated rings. The van der Waals surface area contributed by atoms with Gasteiger partial charge >= 0.3 is 0 Å². The van der Waals surface area contributed by atoms with E-state index in [4.69, 9.17) is 0 Å². The lowest BCUT2D eigenvalue weighted by Gasteiger charge is -2.33. The maximum Gasteiger partial charge on any atom is 0.262 e. The van der Waals surface area contributed by atoms with Gasteiger partial charge in [-0.15, -0.1) is 11.3 Å². The van der Waals surface area contributed by atoms with Crippen LogP contribution >= 0.6 is 11.3 Å². The SMILES string of the molecule is C[C@@H]1c2ccsc2CCN1C(=O)CCc1nc2c(cnn2-c2ccccc2)c(=O)[nH]1. The zero-order valence-corrected chi connectivity index (χ0v) is 17.4. The third-order valence-corrected chi connectivity index (χ3v) is 6.66. The van der Waals surface area contributed by atoms with Gasteiger partial charge < -0.3 is 9.88 Å². The molecule has 0 unspecified atom stereocenters. The third kappa shape index (κ3) is 3.23. The first-order valence-corrected chi connectivity index (χ1v) is 10.9. The molecule has 1 amide bonds. The number of hydrogen-bond donors (Lipinski definition) is 1. The Bertz CT molecular complexity index is 1270. The van der Waals surface area contributed by atoms with E-state index in [1.165, 1.54) is 16.6 Å². The quantitative estimate of drug-likeness (QED) is 0.550. The van der Waals surface area contributed by atoms with Gasteiger partial charge in [0.05, 0.1) is 17.9 Å². The normalized spacial score (nSPS) is 16.0. The summed E-state index contributed by atoms with van der Waals surface area (Å²) in [6, 6.07) is 11.8. The first-order chi connectivity index (χ1) is 14.6. The second-order valence-corrected chi connectivity index (χ2v) is 8.45. The Morgan fingerprint density at radius 3 is 2.93 bits per heavy atom. The molecule has 0 bridgehead atoms. The summed E-state index contributed by atoms with van der Waals surface area (Å²) < 4.78 is 1.65. The largest absolute Gasteiger partial charge is 0.336 e. The number of aromatic amines is 1. The average Bonchev–Trinajstić information content (AvgIpc) is 3.41. The minimum atomic E-state index is -0.237. The molecular weight excluding hydrogens is 398 g/mol. The molecule has 30 heavy (non-hydrogen) atoms. The minimum absolute atomic E-state index is 0.0821. The Morgan fingerprint density at radius 2 is 2.10 bits per heavy atom. The average molecular weight is 420 g/mol. The summed E-state index contributed by atoms with van der Waals surface area (Å²) in [5, 5.41) is 6.85. The van der Waals surface area contributed by atoms with Crippen LogP contribution in [0.1, 0.15) is 35.7 Å². The maximum atomic E-state index is 12.9. The fraction of sp³-hybridized carbons (Fsp3) is 0.273. The van der Waals surface area contributed by atoms with Crippen LogP contribution in [0, 0.1) is 0 Å². The van der Waals surface area contributed by atoms with Crippen molar-refractivity contribution in [3.05, 3.63) is 74.6 Å². The van der Waals surface area contributed by atoms with E-state index in [1.807, 2.05) is 35.2 Å². The lowest BCUT2D eigenvalue weighted by molar-refractivity contribution is -0.133. The van der Waals surface area contributed by atoms with Crippen molar-refractivity contribution >= 4 is 28.3 Å². The molecule has 0 saturated heterocycles. The van der Waals surface area contributed by atoms with Gasteiger partial charge in [-0.25, -0.2) is 9.67 Å². The lowest BCUT2D eigenvalue weighted by atomic mass is 10.0. The Hall–Kier alpha value is -3.26. The Balaban J connectivity index is 1.37. The highest BCUT2D eigenvalue weighted by molar-refractivity contribution is 7.10. The van der Waals surface area contributed by atoms with E-state index < -0.39 is 0 Å². The number of benzene rings is 1. The molecule has 1 aliphatic heterocycles. The number of rotatable bonds is 4. The van der Waals surface area contributed by atoms with Crippen molar-refractivity contribution in [2.45, 2.75) is 32.2 Å². The number of fused-ring (bicyclic) bond motifs is 2. The highest BCUT2D eigenvalue weighted by Crippen LogP contribution is 2.33. The number of amides is 1. The zero-order chi connectivity index (χ0) is 20.7. The molecular formula is C22H21N5O2S. The smallest absolute Gasteiger partial charge is 0.262 e. The molecule has 4 aromatic rings. The van der Waals surface area contributed by atoms with Gasteiger partial charge in [0.25, 0.3) is 5.56 Å². The van der Waals surface area contributed by atoms with Crippen LogP contribution in [0.15, 0.2) is 52.8 Å². The van der Waals surface area contributed by atoms with E-state index in [0.717, 1.165) is 18.7 Å². The van der Waals surface area contributed by atoms with Crippen LogP contribution in [0.5, 0.6) is 0 Å². The molecule has 0 spiro atoms. The fourth-order valence-corrected chi connectivity index (χ4v) is 5.02. The Kier molecular flexibility index (Phi) is 4.71. The predicted octanol–water partition coefficient (Wildman–Crippen LogP) is 3.25. The summed E-state index contributed by atoms with van der Waals surface area (Å²) in [5.74, 6) is 0.582. The van der Waals surface area contributed by atoms with Gasteiger partial charge in [0.15, 0.2) is 5.65 Å². The number of nitrogens with zero attached hydrogens (tertiary/aromatic N) is 4. The number of thiophene rings is 1. The van der Waals surface area contributed by atoms with Crippen molar-refractivity contribution in [2.24, 2.45) is 0 Å². The van der Waals surface area contributed by atoms with Crippen molar-refractivity contribution in [3.63, 3.8) is 0 Å². The molecule has 1 N–H and O–H groups in total. The molecule has 5 rings (SSSR count). The van der Waals surface area contributed by atoms with Gasteiger partial charge in [0.2, 0.25) is 5.91 Å². The van der Waals surface area contributed by atoms with Crippen molar-refractivity contribution in [1.29, 1.82) is 0 Å². The van der Waals surface area contributed by atoms with Crippen LogP contribution in [0.25, 0.3) is 16.7 Å². The van der Waals surface area contributed by atoms with E-state index in [0.29, 0.717) is 29.7 Å². The molecule has 1 aliphatic rings. The van der Waals surface area contributed by atoms with Crippen LogP contribution in [0.3, 0.4) is 0 Å². The first kappa shape index (κ1) is 18.7. The third-order valence-electron chi connectivity index (χ3n) is 5.66. The first-order valence-electron chi connectivity index (χ1n) is 10.00. The molecule has 8 heteroatoms. The summed E-state index contributed by atoms with van der Waals surface area (Å²) >= 11 is 1.76. The summed E-state index contributed by atoms with van der Waals surface area (Å²) in [7, 11) is 0. The monoisotopic (exact) mass is 419 g/mol. The molecule has 7 nitrogen and oxygen atoms in total. The van der Waals surface area contributed by atoms with E-state index in [-0.39, 0.29) is 17.5 Å². The maximum absolute atomic E-state index is 12.9. The zero-order valence-electron chi connectivity index (χ0n) is 16.5. The molecule has 3 aromatic heterocycles. The Morgan fingerprint density at radius 1 is 1.27 bits per heavy atom. The number of para-hydroxylation sites is 1. The number of aryl methyl sites for hydroxylation is 1. The van der Waals surface area contributed by atoms with Gasteiger partial charge in [0, 0.05) is 24.3 Å². The second-order valence-electron chi connectivity index (χ2n) is 7.45. The van der Waals surface area contributed by atoms with Gasteiger partial charge in [0.1, 0.15) is 11.2 Å². The Labute approximate surface area is 177 Å². The minimum Gasteiger partial charge on any atom is -0.336 e. The van der Waals surface area contributed by atoms with Crippen molar-refractivity contribution < 1.29 is 4.79 Å².